The van der Waals surface area contributed by atoms with Crippen molar-refractivity contribution in [1.82, 2.24) is 0 Å². The maximum atomic E-state index is 6.51. The summed E-state index contributed by atoms with van der Waals surface area (Å²) in [5.74, 6) is 0. The molecule has 0 heterocycles. The molecule has 0 unspecified atom stereocenters. The average molecular weight is 323 g/mol. The molecule has 0 fully saturated rings. The Balaban J connectivity index is 4.88. The van der Waals surface area contributed by atoms with Crippen LogP contribution in [-0.2, 0) is 17.7 Å². The lowest BCUT2D eigenvalue weighted by molar-refractivity contribution is 0.116. The molecule has 0 spiro atoms. The molecule has 0 aromatic rings. The molecule has 4 nitrogen and oxygen atoms in total. The van der Waals surface area contributed by atoms with Crippen LogP contribution in [0.4, 0.5) is 0 Å². The van der Waals surface area contributed by atoms with Gasteiger partial charge in [0.15, 0.2) is 8.32 Å². The minimum atomic E-state index is -2.52. The lowest BCUT2D eigenvalue weighted by Gasteiger charge is -2.42. The van der Waals surface area contributed by atoms with Gasteiger partial charge in [-0.3, -0.25) is 0 Å². The van der Waals surface area contributed by atoms with Crippen molar-refractivity contribution in [3.8, 4) is 0 Å². The van der Waals surface area contributed by atoms with E-state index in [0.29, 0.717) is 29.3 Å². The third kappa shape index (κ3) is 4.38. The van der Waals surface area contributed by atoms with Crippen LogP contribution in [0.5, 0.6) is 0 Å². The summed E-state index contributed by atoms with van der Waals surface area (Å²) in [5.41, 5.74) is 1.77. The highest BCUT2D eigenvalue weighted by atomic mass is 28.4. The highest BCUT2D eigenvalue weighted by Gasteiger charge is 2.46. The fraction of sp³-hybridized carbons (Fsp3) is 1.00. The first-order chi connectivity index (χ1) is 9.22. The summed E-state index contributed by atoms with van der Waals surface area (Å²) in [5, 5.41) is 0. The van der Waals surface area contributed by atoms with Crippen molar-refractivity contribution in [2.75, 3.05) is 27.9 Å². The van der Waals surface area contributed by atoms with E-state index in [9.17, 15) is 0 Å². The van der Waals surface area contributed by atoms with Gasteiger partial charge in [0.2, 0.25) is 0 Å². The maximum Gasteiger partial charge on any atom is 0.502 e. The summed E-state index contributed by atoms with van der Waals surface area (Å²) in [4.78, 5) is 0. The normalized spacial score (nSPS) is 13.8. The maximum absolute atomic E-state index is 6.51. The fourth-order valence-electron chi connectivity index (χ4n) is 3.41. The molecular weight excluding hydrogens is 288 g/mol. The zero-order chi connectivity index (χ0) is 16.0. The molecule has 0 aliphatic carbocycles. The van der Waals surface area contributed by atoms with Gasteiger partial charge in [0.05, 0.1) is 0 Å². The molecule has 0 rings (SSSR count). The number of rotatable bonds is 10. The Morgan fingerprint density at radius 2 is 1.05 bits per heavy atom. The van der Waals surface area contributed by atoms with Gasteiger partial charge in [0.1, 0.15) is 0 Å². The molecule has 0 aliphatic heterocycles. The molecule has 0 saturated heterocycles. The lowest BCUT2D eigenvalue weighted by Crippen LogP contribution is -2.50. The highest BCUT2D eigenvalue weighted by Crippen LogP contribution is 2.42. The molecule has 20 heavy (non-hydrogen) atoms. The standard InChI is InChI=1S/C14H34O4Si2/c1-12(2)20(13(3)4,14(5)6)18-10-11-19(15-7,16-8)17-9/h12-14H,10-11H2,1-9H3. The van der Waals surface area contributed by atoms with Crippen molar-refractivity contribution in [2.24, 2.45) is 0 Å². The van der Waals surface area contributed by atoms with E-state index in [0.717, 1.165) is 0 Å². The van der Waals surface area contributed by atoms with Crippen LogP contribution in [-0.4, -0.2) is 45.1 Å². The predicted octanol–water partition coefficient (Wildman–Crippen LogP) is 4.06. The van der Waals surface area contributed by atoms with Crippen molar-refractivity contribution < 1.29 is 17.7 Å². The first-order valence-electron chi connectivity index (χ1n) is 7.51. The van der Waals surface area contributed by atoms with Gasteiger partial charge < -0.3 is 17.7 Å². The third-order valence-electron chi connectivity index (χ3n) is 4.40. The second-order valence-corrected chi connectivity index (χ2v) is 14.8. The van der Waals surface area contributed by atoms with Crippen LogP contribution in [0, 0.1) is 0 Å². The first-order valence-corrected chi connectivity index (χ1v) is 11.6. The van der Waals surface area contributed by atoms with E-state index in [4.69, 9.17) is 17.7 Å². The summed E-state index contributed by atoms with van der Waals surface area (Å²) in [6, 6.07) is 0.706. The molecule has 0 aromatic carbocycles. The first kappa shape index (κ1) is 20.3. The van der Waals surface area contributed by atoms with Gasteiger partial charge in [-0.2, -0.15) is 0 Å². The van der Waals surface area contributed by atoms with Crippen LogP contribution < -0.4 is 0 Å². The fourth-order valence-corrected chi connectivity index (χ4v) is 10.5. The van der Waals surface area contributed by atoms with Gasteiger partial charge >= 0.3 is 8.80 Å². The Morgan fingerprint density at radius 1 is 0.700 bits per heavy atom. The van der Waals surface area contributed by atoms with Crippen LogP contribution in [0.25, 0.3) is 0 Å². The molecule has 6 heteroatoms. The second kappa shape index (κ2) is 8.65. The van der Waals surface area contributed by atoms with Gasteiger partial charge in [-0.05, 0) is 16.6 Å². The SMILES string of the molecule is CO[Si](CCO[Si](C(C)C)(C(C)C)C(C)C)(OC)OC. The minimum Gasteiger partial charge on any atom is -0.416 e. The molecule has 0 N–H and O–H groups in total. The van der Waals surface area contributed by atoms with Gasteiger partial charge in [-0.1, -0.05) is 41.5 Å². The summed E-state index contributed by atoms with van der Waals surface area (Å²) in [6.45, 7) is 14.4. The zero-order valence-corrected chi connectivity index (χ0v) is 16.8. The lowest BCUT2D eigenvalue weighted by atomic mass is 10.5. The molecule has 0 aromatic heterocycles. The van der Waals surface area contributed by atoms with Crippen LogP contribution in [0.3, 0.4) is 0 Å². The van der Waals surface area contributed by atoms with Crippen molar-refractivity contribution in [3.63, 3.8) is 0 Å². The molecule has 0 saturated carbocycles. The minimum absolute atomic E-state index is 0.589. The zero-order valence-electron chi connectivity index (χ0n) is 14.8. The van der Waals surface area contributed by atoms with E-state index in [1.807, 2.05) is 0 Å². The van der Waals surface area contributed by atoms with Gasteiger partial charge in [-0.25, -0.2) is 0 Å². The van der Waals surface area contributed by atoms with E-state index in [-0.39, 0.29) is 0 Å². The molecule has 0 bridgehead atoms. The Hall–Kier alpha value is 0.274. The van der Waals surface area contributed by atoms with Crippen LogP contribution in [0.15, 0.2) is 0 Å². The largest absolute Gasteiger partial charge is 0.502 e. The molecule has 0 aliphatic rings. The topological polar surface area (TPSA) is 36.9 Å². The predicted molar refractivity (Wildman–Crippen MR) is 88.6 cm³/mol. The summed E-state index contributed by atoms with van der Waals surface area (Å²) >= 11 is 0. The Kier molecular flexibility index (Phi) is 8.77. The molecule has 0 amide bonds. The van der Waals surface area contributed by atoms with Crippen molar-refractivity contribution in [1.29, 1.82) is 0 Å². The number of hydrogen-bond acceptors (Lipinski definition) is 4. The monoisotopic (exact) mass is 322 g/mol. The number of hydrogen-bond donors (Lipinski definition) is 0. The third-order valence-corrected chi connectivity index (χ3v) is 13.2. The second-order valence-electron chi connectivity index (χ2n) is 6.21. The molecule has 0 atom stereocenters. The quantitative estimate of drug-likeness (QED) is 0.568. The Bertz CT molecular complexity index is 236. The summed E-state index contributed by atoms with van der Waals surface area (Å²) in [6.07, 6.45) is 0. The summed E-state index contributed by atoms with van der Waals surface area (Å²) < 4.78 is 22.9. The highest BCUT2D eigenvalue weighted by molar-refractivity contribution is 6.77. The Morgan fingerprint density at radius 3 is 1.30 bits per heavy atom. The van der Waals surface area contributed by atoms with E-state index >= 15 is 0 Å². The molecular formula is C14H34O4Si2. The van der Waals surface area contributed by atoms with Gasteiger partial charge in [0, 0.05) is 34.0 Å². The average Bonchev–Trinajstić information content (AvgIpc) is 2.38. The van der Waals surface area contributed by atoms with Crippen LogP contribution in [0.1, 0.15) is 41.5 Å². The van der Waals surface area contributed by atoms with Crippen LogP contribution >= 0.6 is 0 Å². The van der Waals surface area contributed by atoms with E-state index in [2.05, 4.69) is 41.5 Å². The van der Waals surface area contributed by atoms with E-state index in [1.165, 1.54) is 0 Å². The van der Waals surface area contributed by atoms with E-state index in [1.54, 1.807) is 21.3 Å². The Labute approximate surface area is 127 Å². The van der Waals surface area contributed by atoms with Crippen molar-refractivity contribution in [2.45, 2.75) is 64.2 Å². The van der Waals surface area contributed by atoms with E-state index < -0.39 is 17.1 Å². The van der Waals surface area contributed by atoms with Crippen molar-refractivity contribution in [3.05, 3.63) is 0 Å². The molecule has 122 valence electrons. The van der Waals surface area contributed by atoms with Crippen molar-refractivity contribution >= 4 is 17.1 Å². The molecule has 0 radical (unpaired) electrons. The summed E-state index contributed by atoms with van der Waals surface area (Å²) in [7, 11) is 0.616. The van der Waals surface area contributed by atoms with Crippen LogP contribution in [0.2, 0.25) is 22.7 Å². The smallest absolute Gasteiger partial charge is 0.416 e. The van der Waals surface area contributed by atoms with Gasteiger partial charge in [0.25, 0.3) is 0 Å². The van der Waals surface area contributed by atoms with Gasteiger partial charge in [-0.15, -0.1) is 0 Å².